The van der Waals surface area contributed by atoms with Gasteiger partial charge in [0, 0.05) is 6.07 Å². The molecule has 0 aliphatic carbocycles. The van der Waals surface area contributed by atoms with Crippen molar-refractivity contribution in [2.45, 2.75) is 45.6 Å². The summed E-state index contributed by atoms with van der Waals surface area (Å²) < 4.78 is 5.00. The molecule has 0 spiro atoms. The van der Waals surface area contributed by atoms with Crippen LogP contribution in [0, 0.1) is 6.92 Å². The lowest BCUT2D eigenvalue weighted by atomic mass is 10.2. The molecule has 1 aliphatic heterocycles. The van der Waals surface area contributed by atoms with Crippen LogP contribution in [0.5, 0.6) is 0 Å². The number of carbonyl (C=O) groups is 1. The summed E-state index contributed by atoms with van der Waals surface area (Å²) in [7, 11) is 0. The van der Waals surface area contributed by atoms with Crippen LogP contribution in [-0.4, -0.2) is 35.1 Å². The van der Waals surface area contributed by atoms with E-state index in [9.17, 15) is 4.79 Å². The lowest BCUT2D eigenvalue weighted by molar-refractivity contribution is -0.120. The maximum Gasteiger partial charge on any atom is 0.243 e. The quantitative estimate of drug-likeness (QED) is 0.894. The Hall–Kier alpha value is -1.36. The molecule has 2 rings (SSSR count). The van der Waals surface area contributed by atoms with Gasteiger partial charge >= 0.3 is 0 Å². The average Bonchev–Trinajstić information content (AvgIpc) is 2.62. The summed E-state index contributed by atoms with van der Waals surface area (Å²) >= 11 is 0. The van der Waals surface area contributed by atoms with Crippen LogP contribution in [-0.2, 0) is 4.79 Å². The van der Waals surface area contributed by atoms with Gasteiger partial charge in [-0.05, 0) is 39.8 Å². The molecule has 1 fully saturated rings. The number of carbonyl (C=O) groups excluding carboxylic acids is 1. The standard InChI is InChI=1S/C13H21N3O2/c1-10-9-12(18-15-10)14-13(17)11(2)16-7-5-3-4-6-8-16/h9,11H,3-8H2,1-2H3,(H,14,17)/t11-/m1/s1. The molecule has 1 aromatic heterocycles. The number of aromatic nitrogens is 1. The van der Waals surface area contributed by atoms with Crippen LogP contribution in [0.25, 0.3) is 0 Å². The van der Waals surface area contributed by atoms with Gasteiger partial charge in [0.15, 0.2) is 0 Å². The summed E-state index contributed by atoms with van der Waals surface area (Å²) in [4.78, 5) is 14.3. The predicted octanol–water partition coefficient (Wildman–Crippen LogP) is 2.19. The third-order valence-electron chi connectivity index (χ3n) is 3.44. The second-order valence-corrected chi connectivity index (χ2v) is 4.95. The van der Waals surface area contributed by atoms with E-state index in [2.05, 4.69) is 15.4 Å². The second-order valence-electron chi connectivity index (χ2n) is 4.95. The number of anilines is 1. The molecule has 1 atom stereocenters. The summed E-state index contributed by atoms with van der Waals surface area (Å²) in [6, 6.07) is 1.61. The molecule has 2 heterocycles. The molecule has 5 heteroatoms. The highest BCUT2D eigenvalue weighted by Gasteiger charge is 2.22. The minimum absolute atomic E-state index is 0.0203. The molecule has 1 aromatic rings. The van der Waals surface area contributed by atoms with Gasteiger partial charge in [0.05, 0.1) is 11.7 Å². The number of nitrogens with zero attached hydrogens (tertiary/aromatic N) is 2. The van der Waals surface area contributed by atoms with Crippen LogP contribution in [0.3, 0.4) is 0 Å². The van der Waals surface area contributed by atoms with Crippen molar-refractivity contribution < 1.29 is 9.32 Å². The van der Waals surface area contributed by atoms with Gasteiger partial charge < -0.3 is 4.52 Å². The summed E-state index contributed by atoms with van der Waals surface area (Å²) in [5, 5.41) is 6.52. The van der Waals surface area contributed by atoms with Crippen molar-refractivity contribution in [1.29, 1.82) is 0 Å². The molecule has 100 valence electrons. The summed E-state index contributed by atoms with van der Waals surface area (Å²) in [6.45, 7) is 5.79. The first-order valence-corrected chi connectivity index (χ1v) is 6.65. The Morgan fingerprint density at radius 3 is 2.61 bits per heavy atom. The number of nitrogens with one attached hydrogen (secondary N) is 1. The Morgan fingerprint density at radius 1 is 1.39 bits per heavy atom. The van der Waals surface area contributed by atoms with E-state index in [-0.39, 0.29) is 11.9 Å². The van der Waals surface area contributed by atoms with Gasteiger partial charge in [-0.25, -0.2) is 0 Å². The molecule has 0 aromatic carbocycles. The number of rotatable bonds is 3. The molecule has 0 bridgehead atoms. The number of hydrogen-bond acceptors (Lipinski definition) is 4. The molecule has 0 unspecified atom stereocenters. The summed E-state index contributed by atoms with van der Waals surface area (Å²) in [5.74, 6) is 0.409. The SMILES string of the molecule is Cc1cc(NC(=O)[C@@H](C)N2CCCCCC2)on1. The third-order valence-corrected chi connectivity index (χ3v) is 3.44. The van der Waals surface area contributed by atoms with E-state index in [1.165, 1.54) is 25.7 Å². The largest absolute Gasteiger partial charge is 0.338 e. The fourth-order valence-electron chi connectivity index (χ4n) is 2.30. The molecule has 0 saturated carbocycles. The molecular weight excluding hydrogens is 230 g/mol. The van der Waals surface area contributed by atoms with Gasteiger partial charge in [-0.1, -0.05) is 18.0 Å². The molecule has 1 saturated heterocycles. The van der Waals surface area contributed by atoms with E-state index in [1.807, 2.05) is 13.8 Å². The normalized spacial score (nSPS) is 19.2. The van der Waals surface area contributed by atoms with E-state index in [4.69, 9.17) is 4.52 Å². The number of hydrogen-bond donors (Lipinski definition) is 1. The van der Waals surface area contributed by atoms with Gasteiger partial charge in [0.1, 0.15) is 0 Å². The van der Waals surface area contributed by atoms with E-state index in [0.29, 0.717) is 5.88 Å². The monoisotopic (exact) mass is 251 g/mol. The molecule has 0 radical (unpaired) electrons. The van der Waals surface area contributed by atoms with Crippen molar-refractivity contribution in [1.82, 2.24) is 10.1 Å². The van der Waals surface area contributed by atoms with Crippen LogP contribution in [0.15, 0.2) is 10.6 Å². The highest BCUT2D eigenvalue weighted by molar-refractivity contribution is 5.93. The highest BCUT2D eigenvalue weighted by atomic mass is 16.5. The topological polar surface area (TPSA) is 58.4 Å². The van der Waals surface area contributed by atoms with Crippen molar-refractivity contribution in [2.75, 3.05) is 18.4 Å². The molecule has 1 aliphatic rings. The van der Waals surface area contributed by atoms with E-state index in [1.54, 1.807) is 6.07 Å². The minimum atomic E-state index is -0.117. The van der Waals surface area contributed by atoms with Crippen molar-refractivity contribution in [3.05, 3.63) is 11.8 Å². The fourth-order valence-corrected chi connectivity index (χ4v) is 2.30. The number of aryl methyl sites for hydroxylation is 1. The first-order chi connectivity index (χ1) is 8.66. The molecule has 1 N–H and O–H groups in total. The van der Waals surface area contributed by atoms with Crippen LogP contribution in [0.1, 0.15) is 38.3 Å². The van der Waals surface area contributed by atoms with Crippen LogP contribution < -0.4 is 5.32 Å². The van der Waals surface area contributed by atoms with Gasteiger partial charge in [-0.2, -0.15) is 0 Å². The zero-order valence-electron chi connectivity index (χ0n) is 11.1. The van der Waals surface area contributed by atoms with Crippen LogP contribution in [0.2, 0.25) is 0 Å². The first-order valence-electron chi connectivity index (χ1n) is 6.65. The van der Waals surface area contributed by atoms with Crippen LogP contribution >= 0.6 is 0 Å². The predicted molar refractivity (Wildman–Crippen MR) is 69.4 cm³/mol. The van der Waals surface area contributed by atoms with E-state index < -0.39 is 0 Å². The van der Waals surface area contributed by atoms with E-state index >= 15 is 0 Å². The maximum atomic E-state index is 12.1. The van der Waals surface area contributed by atoms with E-state index in [0.717, 1.165) is 18.8 Å². The molecule has 1 amide bonds. The zero-order chi connectivity index (χ0) is 13.0. The minimum Gasteiger partial charge on any atom is -0.338 e. The lowest BCUT2D eigenvalue weighted by Gasteiger charge is -2.25. The third kappa shape index (κ3) is 3.32. The Labute approximate surface area is 108 Å². The van der Waals surface area contributed by atoms with Crippen molar-refractivity contribution in [3.8, 4) is 0 Å². The Kier molecular flexibility index (Phi) is 4.36. The van der Waals surface area contributed by atoms with Crippen molar-refractivity contribution in [2.24, 2.45) is 0 Å². The second kappa shape index (κ2) is 6.00. The molecule has 5 nitrogen and oxygen atoms in total. The zero-order valence-corrected chi connectivity index (χ0v) is 11.1. The smallest absolute Gasteiger partial charge is 0.243 e. The number of likely N-dealkylation sites (tertiary alicyclic amines) is 1. The maximum absolute atomic E-state index is 12.1. The highest BCUT2D eigenvalue weighted by Crippen LogP contribution is 2.14. The number of amides is 1. The molecular formula is C13H21N3O2. The van der Waals surface area contributed by atoms with Gasteiger partial charge in [0.2, 0.25) is 11.8 Å². The molecule has 18 heavy (non-hydrogen) atoms. The van der Waals surface area contributed by atoms with Gasteiger partial charge in [0.25, 0.3) is 0 Å². The van der Waals surface area contributed by atoms with Crippen molar-refractivity contribution in [3.63, 3.8) is 0 Å². The lowest BCUT2D eigenvalue weighted by Crippen LogP contribution is -2.42. The fraction of sp³-hybridized carbons (Fsp3) is 0.692. The van der Waals surface area contributed by atoms with Crippen molar-refractivity contribution >= 4 is 11.8 Å². The Balaban J connectivity index is 1.91. The van der Waals surface area contributed by atoms with Gasteiger partial charge in [-0.15, -0.1) is 0 Å². The van der Waals surface area contributed by atoms with Gasteiger partial charge in [-0.3, -0.25) is 15.0 Å². The summed E-state index contributed by atoms with van der Waals surface area (Å²) in [6.07, 6.45) is 4.90. The Morgan fingerprint density at radius 2 is 2.06 bits per heavy atom. The van der Waals surface area contributed by atoms with Crippen LogP contribution in [0.4, 0.5) is 5.88 Å². The average molecular weight is 251 g/mol. The summed E-state index contributed by atoms with van der Waals surface area (Å²) in [5.41, 5.74) is 0.771. The first kappa shape index (κ1) is 13.1. The Bertz CT molecular complexity index is 395.